The predicted molar refractivity (Wildman–Crippen MR) is 117 cm³/mol. The van der Waals surface area contributed by atoms with Crippen LogP contribution in [0.4, 0.5) is 0 Å². The summed E-state index contributed by atoms with van der Waals surface area (Å²) >= 11 is 0. The van der Waals surface area contributed by atoms with Crippen molar-refractivity contribution in [3.8, 4) is 11.5 Å². The number of amides is 1. The summed E-state index contributed by atoms with van der Waals surface area (Å²) in [4.78, 5) is 27.8. The van der Waals surface area contributed by atoms with Crippen molar-refractivity contribution in [1.29, 1.82) is 0 Å². The molecule has 1 atom stereocenters. The summed E-state index contributed by atoms with van der Waals surface area (Å²) in [7, 11) is 1.58. The first-order valence-corrected chi connectivity index (χ1v) is 10.2. The van der Waals surface area contributed by atoms with Crippen molar-refractivity contribution in [3.63, 3.8) is 0 Å². The van der Waals surface area contributed by atoms with E-state index in [1.165, 1.54) is 17.2 Å². The zero-order valence-corrected chi connectivity index (χ0v) is 17.8. The fourth-order valence-corrected chi connectivity index (χ4v) is 3.80. The summed E-state index contributed by atoms with van der Waals surface area (Å²) in [5.74, 6) is -0.383. The van der Waals surface area contributed by atoms with Gasteiger partial charge < -0.3 is 23.9 Å². The van der Waals surface area contributed by atoms with E-state index in [4.69, 9.17) is 13.9 Å². The van der Waals surface area contributed by atoms with Crippen molar-refractivity contribution >= 4 is 11.7 Å². The number of nitrogens with zero attached hydrogens (tertiary/aromatic N) is 1. The largest absolute Gasteiger partial charge is 0.503 e. The number of carbonyl (C=O) groups is 2. The maximum atomic E-state index is 13.2. The molecular formula is C25H23NO6. The number of benzene rings is 2. The molecular weight excluding hydrogens is 410 g/mol. The SMILES string of the molecule is CCOc1cccc(C2C(C(=O)c3ccco3)=C(O)C(=O)N2Cc2ccc(OC)cc2)c1. The molecule has 1 unspecified atom stereocenters. The van der Waals surface area contributed by atoms with Crippen LogP contribution in [0.15, 0.2) is 82.7 Å². The Morgan fingerprint density at radius 1 is 1.09 bits per heavy atom. The first kappa shape index (κ1) is 21.2. The molecule has 2 aromatic carbocycles. The number of ketones is 1. The first-order chi connectivity index (χ1) is 15.5. The molecule has 164 valence electrons. The molecule has 7 heteroatoms. The third-order valence-electron chi connectivity index (χ3n) is 5.29. The Morgan fingerprint density at radius 3 is 2.53 bits per heavy atom. The number of hydrogen-bond acceptors (Lipinski definition) is 6. The van der Waals surface area contributed by atoms with E-state index in [2.05, 4.69) is 0 Å². The number of ether oxygens (including phenoxy) is 2. The van der Waals surface area contributed by atoms with E-state index in [-0.39, 0.29) is 17.9 Å². The minimum Gasteiger partial charge on any atom is -0.503 e. The third-order valence-corrected chi connectivity index (χ3v) is 5.29. The molecule has 0 spiro atoms. The van der Waals surface area contributed by atoms with E-state index in [1.54, 1.807) is 49.6 Å². The summed E-state index contributed by atoms with van der Waals surface area (Å²) in [5, 5.41) is 10.7. The van der Waals surface area contributed by atoms with Crippen LogP contribution < -0.4 is 9.47 Å². The summed E-state index contributed by atoms with van der Waals surface area (Å²) < 4.78 is 16.1. The second-order valence-corrected chi connectivity index (χ2v) is 7.26. The Balaban J connectivity index is 1.77. The lowest BCUT2D eigenvalue weighted by atomic mass is 9.94. The van der Waals surface area contributed by atoms with Gasteiger partial charge in [-0.2, -0.15) is 0 Å². The van der Waals surface area contributed by atoms with Crippen LogP contribution in [0.25, 0.3) is 0 Å². The summed E-state index contributed by atoms with van der Waals surface area (Å²) in [5.41, 5.74) is 1.45. The van der Waals surface area contributed by atoms with E-state index in [0.29, 0.717) is 23.7 Å². The molecule has 0 bridgehead atoms. The van der Waals surface area contributed by atoms with Crippen molar-refractivity contribution in [2.75, 3.05) is 13.7 Å². The molecule has 1 N–H and O–H groups in total. The van der Waals surface area contributed by atoms with Gasteiger partial charge in [0.1, 0.15) is 11.5 Å². The molecule has 1 aromatic heterocycles. The van der Waals surface area contributed by atoms with Crippen molar-refractivity contribution in [3.05, 3.63) is 95.1 Å². The summed E-state index contributed by atoms with van der Waals surface area (Å²) in [6.07, 6.45) is 1.38. The van der Waals surface area contributed by atoms with Crippen LogP contribution >= 0.6 is 0 Å². The molecule has 0 radical (unpaired) electrons. The molecule has 4 rings (SSSR count). The van der Waals surface area contributed by atoms with E-state index in [9.17, 15) is 14.7 Å². The third kappa shape index (κ3) is 3.97. The van der Waals surface area contributed by atoms with Gasteiger partial charge in [0.2, 0.25) is 5.78 Å². The maximum absolute atomic E-state index is 13.2. The number of carbonyl (C=O) groups excluding carboxylic acids is 2. The molecule has 3 aromatic rings. The van der Waals surface area contributed by atoms with Crippen LogP contribution in [-0.4, -0.2) is 35.4 Å². The van der Waals surface area contributed by atoms with Crippen molar-refractivity contribution in [2.24, 2.45) is 0 Å². The zero-order chi connectivity index (χ0) is 22.7. The second kappa shape index (κ2) is 9.01. The van der Waals surface area contributed by atoms with Crippen LogP contribution in [0.2, 0.25) is 0 Å². The highest BCUT2D eigenvalue weighted by atomic mass is 16.5. The Hall–Kier alpha value is -4.00. The number of aliphatic hydroxyl groups is 1. The van der Waals surface area contributed by atoms with Gasteiger partial charge >= 0.3 is 0 Å². The van der Waals surface area contributed by atoms with Gasteiger partial charge in [-0.3, -0.25) is 9.59 Å². The lowest BCUT2D eigenvalue weighted by Crippen LogP contribution is -2.30. The number of aliphatic hydroxyl groups excluding tert-OH is 1. The second-order valence-electron chi connectivity index (χ2n) is 7.26. The Morgan fingerprint density at radius 2 is 1.88 bits per heavy atom. The Bertz CT molecular complexity index is 1150. The predicted octanol–water partition coefficient (Wildman–Crippen LogP) is 4.47. The standard InChI is InChI=1S/C25H23NO6/c1-3-31-19-7-4-6-17(14-19)22-21(23(27)20-8-5-13-32-20)24(28)25(29)26(22)15-16-9-11-18(30-2)12-10-16/h4-14,22,28H,3,15H2,1-2H3. The minimum absolute atomic E-state index is 0.0212. The molecule has 2 heterocycles. The summed E-state index contributed by atoms with van der Waals surface area (Å²) in [6, 6.07) is 16.7. The monoisotopic (exact) mass is 433 g/mol. The highest BCUT2D eigenvalue weighted by Gasteiger charge is 2.44. The average molecular weight is 433 g/mol. The van der Waals surface area contributed by atoms with E-state index >= 15 is 0 Å². The fourth-order valence-electron chi connectivity index (χ4n) is 3.80. The lowest BCUT2D eigenvalue weighted by Gasteiger charge is -2.27. The van der Waals surface area contributed by atoms with Gasteiger partial charge in [0.25, 0.3) is 5.91 Å². The van der Waals surface area contributed by atoms with Crippen molar-refractivity contribution in [2.45, 2.75) is 19.5 Å². The van der Waals surface area contributed by atoms with Gasteiger partial charge in [-0.25, -0.2) is 0 Å². The van der Waals surface area contributed by atoms with Crippen LogP contribution in [0, 0.1) is 0 Å². The smallest absolute Gasteiger partial charge is 0.290 e. The quantitative estimate of drug-likeness (QED) is 0.528. The summed E-state index contributed by atoms with van der Waals surface area (Å²) in [6.45, 7) is 2.53. The van der Waals surface area contributed by atoms with E-state index < -0.39 is 23.5 Å². The molecule has 0 fully saturated rings. The van der Waals surface area contributed by atoms with Crippen molar-refractivity contribution in [1.82, 2.24) is 4.90 Å². The van der Waals surface area contributed by atoms with Crippen LogP contribution in [0.3, 0.4) is 0 Å². The van der Waals surface area contributed by atoms with Crippen LogP contribution in [0.5, 0.6) is 11.5 Å². The number of methoxy groups -OCH3 is 1. The normalized spacial score (nSPS) is 15.9. The van der Waals surface area contributed by atoms with E-state index in [0.717, 1.165) is 5.56 Å². The number of Topliss-reactive ketones (excluding diaryl/α,β-unsaturated/α-hetero) is 1. The van der Waals surface area contributed by atoms with Gasteiger partial charge in [-0.15, -0.1) is 0 Å². The number of hydrogen-bond donors (Lipinski definition) is 1. The average Bonchev–Trinajstić information content (AvgIpc) is 3.43. The molecule has 32 heavy (non-hydrogen) atoms. The highest BCUT2D eigenvalue weighted by Crippen LogP contribution is 2.40. The Labute approximate surface area is 185 Å². The molecule has 0 aliphatic carbocycles. The number of furan rings is 1. The maximum Gasteiger partial charge on any atom is 0.290 e. The fraction of sp³-hybridized carbons (Fsp3) is 0.200. The minimum atomic E-state index is -0.803. The molecule has 0 saturated carbocycles. The van der Waals surface area contributed by atoms with E-state index in [1.807, 2.05) is 19.1 Å². The van der Waals surface area contributed by atoms with Crippen molar-refractivity contribution < 1.29 is 28.6 Å². The highest BCUT2D eigenvalue weighted by molar-refractivity contribution is 6.15. The van der Waals surface area contributed by atoms with Gasteiger partial charge in [-0.05, 0) is 54.4 Å². The molecule has 0 saturated heterocycles. The van der Waals surface area contributed by atoms with Gasteiger partial charge in [-0.1, -0.05) is 24.3 Å². The molecule has 1 amide bonds. The lowest BCUT2D eigenvalue weighted by molar-refractivity contribution is -0.130. The first-order valence-electron chi connectivity index (χ1n) is 10.2. The van der Waals surface area contributed by atoms with Crippen LogP contribution in [0.1, 0.15) is 34.6 Å². The number of rotatable bonds is 8. The molecule has 7 nitrogen and oxygen atoms in total. The topological polar surface area (TPSA) is 89.2 Å². The Kier molecular flexibility index (Phi) is 5.98. The zero-order valence-electron chi connectivity index (χ0n) is 17.8. The van der Waals surface area contributed by atoms with Gasteiger partial charge in [0, 0.05) is 6.54 Å². The van der Waals surface area contributed by atoms with Gasteiger partial charge in [0.15, 0.2) is 11.5 Å². The van der Waals surface area contributed by atoms with Gasteiger partial charge in [0.05, 0.1) is 31.6 Å². The van der Waals surface area contributed by atoms with Crippen LogP contribution in [-0.2, 0) is 11.3 Å². The molecule has 1 aliphatic heterocycles. The molecule has 1 aliphatic rings.